The van der Waals surface area contributed by atoms with Crippen molar-refractivity contribution in [2.24, 2.45) is 5.10 Å². The number of hydrogen-bond acceptors (Lipinski definition) is 6. The van der Waals surface area contributed by atoms with E-state index in [-0.39, 0.29) is 17.0 Å². The van der Waals surface area contributed by atoms with E-state index in [0.717, 1.165) is 28.1 Å². The average molecular weight is 487 g/mol. The minimum absolute atomic E-state index is 0.182. The van der Waals surface area contributed by atoms with Crippen molar-refractivity contribution in [1.29, 1.82) is 0 Å². The third-order valence-electron chi connectivity index (χ3n) is 5.34. The first-order valence-corrected chi connectivity index (χ1v) is 11.6. The van der Waals surface area contributed by atoms with Gasteiger partial charge in [-0.3, -0.25) is 14.4 Å². The fourth-order valence-electron chi connectivity index (χ4n) is 3.93. The van der Waals surface area contributed by atoms with Gasteiger partial charge in [-0.1, -0.05) is 29.8 Å². The molecule has 33 heavy (non-hydrogen) atoms. The monoisotopic (exact) mass is 486 g/mol. The van der Waals surface area contributed by atoms with Gasteiger partial charge < -0.3 is 15.0 Å². The molecule has 3 amide bonds. The number of para-hydroxylation sites is 1. The van der Waals surface area contributed by atoms with Gasteiger partial charge in [-0.05, 0) is 54.9 Å². The summed E-state index contributed by atoms with van der Waals surface area (Å²) in [5.41, 5.74) is 2.25. The van der Waals surface area contributed by atoms with Crippen LogP contribution in [0, 0.1) is 6.92 Å². The summed E-state index contributed by atoms with van der Waals surface area (Å²) < 4.78 is 5.88. The highest BCUT2D eigenvalue weighted by atomic mass is 35.5. The van der Waals surface area contributed by atoms with Gasteiger partial charge in [0.15, 0.2) is 5.17 Å². The number of carbonyl (C=O) groups excluding carboxylic acids is 3. The van der Waals surface area contributed by atoms with E-state index in [1.54, 1.807) is 23.1 Å². The number of ether oxygens (including phenoxy) is 1. The summed E-state index contributed by atoms with van der Waals surface area (Å²) in [4.78, 5) is 38.1. The van der Waals surface area contributed by atoms with Crippen molar-refractivity contribution < 1.29 is 19.1 Å². The predicted molar refractivity (Wildman–Crippen MR) is 128 cm³/mol. The van der Waals surface area contributed by atoms with Crippen molar-refractivity contribution in [1.82, 2.24) is 10.3 Å². The van der Waals surface area contributed by atoms with Crippen molar-refractivity contribution in [2.75, 3.05) is 18.1 Å². The number of nitrogens with zero attached hydrogens (tertiary/aromatic N) is 3. The van der Waals surface area contributed by atoms with E-state index in [1.807, 2.05) is 31.2 Å². The second-order valence-corrected chi connectivity index (χ2v) is 9.37. The van der Waals surface area contributed by atoms with E-state index in [1.165, 1.54) is 13.8 Å². The highest BCUT2D eigenvalue weighted by Crippen LogP contribution is 2.54. The molecule has 0 bridgehead atoms. The number of hydrazone groups is 1. The van der Waals surface area contributed by atoms with Crippen LogP contribution in [-0.4, -0.2) is 41.0 Å². The molecule has 0 saturated carbocycles. The lowest BCUT2D eigenvalue weighted by molar-refractivity contribution is -0.139. The summed E-state index contributed by atoms with van der Waals surface area (Å²) in [6, 6.07) is 12.9. The van der Waals surface area contributed by atoms with Gasteiger partial charge in [0.2, 0.25) is 16.7 Å². The Morgan fingerprint density at radius 1 is 1.21 bits per heavy atom. The number of nitrogens with one attached hydrogen (secondary N) is 1. The number of halogens is 1. The van der Waals surface area contributed by atoms with Crippen LogP contribution < -0.4 is 15.0 Å². The first-order chi connectivity index (χ1) is 15.7. The number of amidine groups is 1. The van der Waals surface area contributed by atoms with Crippen LogP contribution >= 0.6 is 23.4 Å². The van der Waals surface area contributed by atoms with Crippen LogP contribution in [0.25, 0.3) is 0 Å². The Kier molecular flexibility index (Phi) is 6.36. The number of hydrogen-bond donors (Lipinski definition) is 1. The molecule has 2 aromatic carbocycles. The van der Waals surface area contributed by atoms with Crippen LogP contribution in [0.15, 0.2) is 47.6 Å². The molecule has 0 aromatic heterocycles. The number of amides is 3. The molecule has 10 heteroatoms. The predicted octanol–water partition coefficient (Wildman–Crippen LogP) is 3.62. The van der Waals surface area contributed by atoms with Gasteiger partial charge in [-0.2, -0.15) is 5.01 Å². The molecular formula is C23H23ClN4O4S. The Morgan fingerprint density at radius 3 is 2.67 bits per heavy atom. The zero-order valence-electron chi connectivity index (χ0n) is 18.4. The van der Waals surface area contributed by atoms with E-state index in [9.17, 15) is 14.4 Å². The molecular weight excluding hydrogens is 464 g/mol. The fourth-order valence-corrected chi connectivity index (χ4v) is 5.43. The Labute approximate surface area is 200 Å². The van der Waals surface area contributed by atoms with Crippen molar-refractivity contribution >= 4 is 51.9 Å². The van der Waals surface area contributed by atoms with E-state index in [2.05, 4.69) is 10.4 Å². The molecule has 2 heterocycles. The molecule has 0 aliphatic carbocycles. The number of carbonyl (C=O) groups is 3. The highest BCUT2D eigenvalue weighted by molar-refractivity contribution is 8.15. The largest absolute Gasteiger partial charge is 0.493 e. The van der Waals surface area contributed by atoms with E-state index < -0.39 is 10.8 Å². The van der Waals surface area contributed by atoms with Gasteiger partial charge in [0.05, 0.1) is 12.3 Å². The van der Waals surface area contributed by atoms with Crippen LogP contribution in [0.3, 0.4) is 0 Å². The first kappa shape index (κ1) is 23.1. The number of rotatable bonds is 5. The molecule has 0 fully saturated rings. The zero-order chi connectivity index (χ0) is 23.8. The summed E-state index contributed by atoms with van der Waals surface area (Å²) in [7, 11) is 0. The summed E-state index contributed by atoms with van der Waals surface area (Å²) in [5.74, 6) is -0.285. The summed E-state index contributed by atoms with van der Waals surface area (Å²) >= 11 is 7.30. The third-order valence-corrected chi connectivity index (χ3v) is 6.82. The molecule has 2 aliphatic heterocycles. The Balaban J connectivity index is 1.60. The molecule has 4 rings (SSSR count). The van der Waals surface area contributed by atoms with Crippen molar-refractivity contribution in [3.05, 3.63) is 58.6 Å². The molecule has 0 radical (unpaired) electrons. The van der Waals surface area contributed by atoms with Gasteiger partial charge in [-0.15, -0.1) is 5.10 Å². The third kappa shape index (κ3) is 4.18. The zero-order valence-corrected chi connectivity index (χ0v) is 20.0. The number of anilines is 1. The smallest absolute Gasteiger partial charge is 0.270 e. The quantitative estimate of drug-likeness (QED) is 0.652. The molecule has 1 atom stereocenters. The molecule has 0 unspecified atom stereocenters. The Hall–Kier alpha value is -3.04. The minimum atomic E-state index is -1.46. The summed E-state index contributed by atoms with van der Waals surface area (Å²) in [5, 5.41) is 8.57. The molecule has 2 aliphatic rings. The Morgan fingerprint density at radius 2 is 1.97 bits per heavy atom. The van der Waals surface area contributed by atoms with Gasteiger partial charge in [-0.25, -0.2) is 0 Å². The second-order valence-electron chi connectivity index (χ2n) is 7.75. The van der Waals surface area contributed by atoms with E-state index in [4.69, 9.17) is 16.3 Å². The first-order valence-electron chi connectivity index (χ1n) is 10.4. The van der Waals surface area contributed by atoms with Gasteiger partial charge in [0, 0.05) is 31.0 Å². The lowest BCUT2D eigenvalue weighted by Crippen LogP contribution is -2.48. The van der Waals surface area contributed by atoms with E-state index >= 15 is 0 Å². The summed E-state index contributed by atoms with van der Waals surface area (Å²) in [6.45, 7) is 5.45. The topological polar surface area (TPSA) is 91.3 Å². The SMILES string of the molecule is CC(=O)NC1=NN(C(C)=O)[C@]2(S1)C(=O)N(CCCOc1ccccc1C)c1ccc(Cl)cc12. The van der Waals surface area contributed by atoms with Crippen molar-refractivity contribution in [2.45, 2.75) is 32.1 Å². The van der Waals surface area contributed by atoms with Crippen molar-refractivity contribution in [3.8, 4) is 5.75 Å². The summed E-state index contributed by atoms with van der Waals surface area (Å²) in [6.07, 6.45) is 0.572. The maximum Gasteiger partial charge on any atom is 0.270 e. The highest BCUT2D eigenvalue weighted by Gasteiger charge is 2.61. The lowest BCUT2D eigenvalue weighted by Gasteiger charge is -2.29. The minimum Gasteiger partial charge on any atom is -0.493 e. The average Bonchev–Trinajstić information content (AvgIpc) is 3.24. The van der Waals surface area contributed by atoms with Crippen LogP contribution in [0.1, 0.15) is 31.4 Å². The Bertz CT molecular complexity index is 1170. The van der Waals surface area contributed by atoms with Gasteiger partial charge in [0.1, 0.15) is 5.75 Å². The lowest BCUT2D eigenvalue weighted by atomic mass is 10.1. The molecule has 0 saturated heterocycles. The number of benzene rings is 2. The maximum absolute atomic E-state index is 13.8. The molecule has 1 N–H and O–H groups in total. The second kappa shape index (κ2) is 9.07. The van der Waals surface area contributed by atoms with Gasteiger partial charge >= 0.3 is 0 Å². The number of fused-ring (bicyclic) bond motifs is 2. The molecule has 172 valence electrons. The molecule has 1 spiro atoms. The van der Waals surface area contributed by atoms with Crippen LogP contribution in [0.2, 0.25) is 5.02 Å². The van der Waals surface area contributed by atoms with Crippen LogP contribution in [-0.2, 0) is 19.3 Å². The number of aryl methyl sites for hydroxylation is 1. The normalized spacial score (nSPS) is 19.0. The standard InChI is InChI=1S/C23H23ClN4O4S/c1-14-7-4-5-8-20(14)32-12-6-11-27-19-10-9-17(24)13-18(19)23(21(27)31)28(16(3)30)26-22(33-23)25-15(2)29/h4-5,7-10,13H,6,11-12H2,1-3H3,(H,25,26,29)/t23-/m1/s1. The molecule has 2 aromatic rings. The molecule has 8 nitrogen and oxygen atoms in total. The number of thioether (sulfide) groups is 1. The van der Waals surface area contributed by atoms with Crippen LogP contribution in [0.4, 0.5) is 5.69 Å². The fraction of sp³-hybridized carbons (Fsp3) is 0.304. The van der Waals surface area contributed by atoms with Gasteiger partial charge in [0.25, 0.3) is 5.91 Å². The maximum atomic E-state index is 13.8. The van der Waals surface area contributed by atoms with Crippen molar-refractivity contribution in [3.63, 3.8) is 0 Å². The van der Waals surface area contributed by atoms with Crippen LogP contribution in [0.5, 0.6) is 5.75 Å². The van der Waals surface area contributed by atoms with E-state index in [0.29, 0.717) is 35.8 Å².